The number of nitrogens with zero attached hydrogens (tertiary/aromatic N) is 3. The van der Waals surface area contributed by atoms with E-state index in [9.17, 15) is 18.0 Å². The van der Waals surface area contributed by atoms with Gasteiger partial charge in [-0.05, 0) is 25.8 Å². The van der Waals surface area contributed by atoms with Crippen LogP contribution in [0.1, 0.15) is 25.7 Å². The van der Waals surface area contributed by atoms with Crippen LogP contribution in [0.5, 0.6) is 0 Å². The third-order valence-corrected chi connectivity index (χ3v) is 6.01. The molecular weight excluding hydrogens is 344 g/mol. The Balaban J connectivity index is 0.00000264. The minimum absolute atomic E-state index is 0. The molecule has 0 amide bonds. The lowest BCUT2D eigenvalue weighted by Crippen LogP contribution is -2.48. The molecule has 23 heavy (non-hydrogen) atoms. The van der Waals surface area contributed by atoms with E-state index in [2.05, 4.69) is 0 Å². The van der Waals surface area contributed by atoms with Crippen molar-refractivity contribution in [3.63, 3.8) is 0 Å². The molecule has 0 radical (unpaired) electrons. The zero-order valence-electron chi connectivity index (χ0n) is 13.3. The van der Waals surface area contributed by atoms with Gasteiger partial charge in [-0.2, -0.15) is 4.31 Å². The summed E-state index contributed by atoms with van der Waals surface area (Å²) in [6.45, 7) is 0.765. The van der Waals surface area contributed by atoms with Crippen molar-refractivity contribution in [2.45, 2.75) is 36.6 Å². The van der Waals surface area contributed by atoms with Crippen molar-refractivity contribution in [3.05, 3.63) is 27.0 Å². The van der Waals surface area contributed by atoms with E-state index in [1.54, 1.807) is 0 Å². The van der Waals surface area contributed by atoms with E-state index in [4.69, 9.17) is 5.73 Å². The molecule has 0 saturated carbocycles. The van der Waals surface area contributed by atoms with Gasteiger partial charge < -0.3 is 10.3 Å². The number of rotatable bonds is 4. The maximum atomic E-state index is 12.9. The summed E-state index contributed by atoms with van der Waals surface area (Å²) in [6.07, 6.45) is 4.11. The van der Waals surface area contributed by atoms with Gasteiger partial charge in [0.05, 0.1) is 0 Å². The average molecular weight is 367 g/mol. The zero-order valence-corrected chi connectivity index (χ0v) is 14.9. The van der Waals surface area contributed by atoms with Gasteiger partial charge in [0.25, 0.3) is 5.56 Å². The number of aryl methyl sites for hydroxylation is 1. The van der Waals surface area contributed by atoms with Gasteiger partial charge in [-0.25, -0.2) is 13.2 Å². The molecule has 1 atom stereocenters. The number of nitrogens with two attached hydrogens (primary N) is 1. The number of hydrogen-bond acceptors (Lipinski definition) is 5. The third-order valence-electron chi connectivity index (χ3n) is 4.07. The summed E-state index contributed by atoms with van der Waals surface area (Å²) in [5.74, 6) is 0. The maximum absolute atomic E-state index is 12.9. The lowest BCUT2D eigenvalue weighted by Gasteiger charge is -2.34. The summed E-state index contributed by atoms with van der Waals surface area (Å²) in [6, 6.07) is -0.189. The molecule has 0 bridgehead atoms. The van der Waals surface area contributed by atoms with Gasteiger partial charge in [-0.3, -0.25) is 9.36 Å². The number of hydrogen-bond donors (Lipinski definition) is 1. The second-order valence-electron chi connectivity index (χ2n) is 5.59. The van der Waals surface area contributed by atoms with Gasteiger partial charge >= 0.3 is 5.69 Å². The van der Waals surface area contributed by atoms with Crippen LogP contribution < -0.4 is 17.0 Å². The standard InChI is InChI=1S/C13H22N4O4S.ClH/c1-15-9-11(12(18)16(2)13(15)19)22(20,21)17-8-4-3-5-10(17)6-7-14;/h9-10H,3-8,14H2,1-2H3;1H. The van der Waals surface area contributed by atoms with E-state index >= 15 is 0 Å². The Labute approximate surface area is 141 Å². The fraction of sp³-hybridized carbons (Fsp3) is 0.692. The molecular formula is C13H23ClN4O4S. The molecule has 0 aliphatic carbocycles. The summed E-state index contributed by atoms with van der Waals surface area (Å²) < 4.78 is 29.0. The normalized spacial score (nSPS) is 19.3. The van der Waals surface area contributed by atoms with Crippen molar-refractivity contribution >= 4 is 22.4 Å². The highest BCUT2D eigenvalue weighted by Gasteiger charge is 2.35. The van der Waals surface area contributed by atoms with Crippen molar-refractivity contribution in [3.8, 4) is 0 Å². The Kier molecular flexibility index (Phi) is 6.58. The molecule has 2 heterocycles. The minimum Gasteiger partial charge on any atom is -0.330 e. The summed E-state index contributed by atoms with van der Waals surface area (Å²) in [4.78, 5) is 23.6. The number of piperidine rings is 1. The average Bonchev–Trinajstić information content (AvgIpc) is 2.49. The Hall–Kier alpha value is -1.16. The van der Waals surface area contributed by atoms with Crippen LogP contribution in [-0.4, -0.2) is 41.0 Å². The zero-order chi connectivity index (χ0) is 16.5. The second kappa shape index (κ2) is 7.61. The molecule has 1 unspecified atom stereocenters. The first-order chi connectivity index (χ1) is 10.3. The Morgan fingerprint density at radius 1 is 1.26 bits per heavy atom. The first-order valence-electron chi connectivity index (χ1n) is 7.29. The number of sulfonamides is 1. The molecule has 8 nitrogen and oxygen atoms in total. The second-order valence-corrected chi connectivity index (χ2v) is 7.45. The van der Waals surface area contributed by atoms with E-state index in [1.165, 1.54) is 18.4 Å². The molecule has 10 heteroatoms. The predicted molar refractivity (Wildman–Crippen MR) is 89.4 cm³/mol. The first-order valence-corrected chi connectivity index (χ1v) is 8.73. The first kappa shape index (κ1) is 19.9. The largest absolute Gasteiger partial charge is 0.330 e. The van der Waals surface area contributed by atoms with Crippen LogP contribution in [0.2, 0.25) is 0 Å². The lowest BCUT2D eigenvalue weighted by molar-refractivity contribution is 0.243. The fourth-order valence-corrected chi connectivity index (χ4v) is 4.72. The Morgan fingerprint density at radius 3 is 2.52 bits per heavy atom. The topological polar surface area (TPSA) is 107 Å². The molecule has 2 rings (SSSR count). The van der Waals surface area contributed by atoms with Gasteiger partial charge in [0.1, 0.15) is 0 Å². The molecule has 0 aromatic carbocycles. The van der Waals surface area contributed by atoms with Gasteiger partial charge in [0.2, 0.25) is 10.0 Å². The highest BCUT2D eigenvalue weighted by atomic mass is 35.5. The molecule has 1 aliphatic heterocycles. The summed E-state index contributed by atoms with van der Waals surface area (Å²) in [7, 11) is -1.24. The molecule has 1 aromatic rings. The predicted octanol–water partition coefficient (Wildman–Crippen LogP) is -0.602. The highest BCUT2D eigenvalue weighted by molar-refractivity contribution is 7.89. The summed E-state index contributed by atoms with van der Waals surface area (Å²) in [5, 5.41) is 0. The van der Waals surface area contributed by atoms with E-state index in [-0.39, 0.29) is 23.3 Å². The van der Waals surface area contributed by atoms with Crippen molar-refractivity contribution in [1.29, 1.82) is 0 Å². The molecule has 1 aliphatic rings. The molecule has 1 fully saturated rings. The smallest absolute Gasteiger partial charge is 0.330 e. The lowest BCUT2D eigenvalue weighted by atomic mass is 10.0. The van der Waals surface area contributed by atoms with Crippen molar-refractivity contribution in [2.24, 2.45) is 19.8 Å². The van der Waals surface area contributed by atoms with Gasteiger partial charge in [-0.1, -0.05) is 6.42 Å². The molecule has 1 aromatic heterocycles. The van der Waals surface area contributed by atoms with Crippen LogP contribution in [0.15, 0.2) is 20.7 Å². The van der Waals surface area contributed by atoms with Crippen LogP contribution in [-0.2, 0) is 24.1 Å². The monoisotopic (exact) mass is 366 g/mol. The molecule has 2 N–H and O–H groups in total. The number of aromatic nitrogens is 2. The van der Waals surface area contributed by atoms with Crippen molar-refractivity contribution < 1.29 is 8.42 Å². The summed E-state index contributed by atoms with van der Waals surface area (Å²) in [5.41, 5.74) is 4.22. The highest BCUT2D eigenvalue weighted by Crippen LogP contribution is 2.25. The van der Waals surface area contributed by atoms with Crippen LogP contribution in [0, 0.1) is 0 Å². The van der Waals surface area contributed by atoms with Crippen molar-refractivity contribution in [2.75, 3.05) is 13.1 Å². The van der Waals surface area contributed by atoms with Gasteiger partial charge in [0, 0.05) is 32.9 Å². The molecule has 1 saturated heterocycles. The number of halogens is 1. The third kappa shape index (κ3) is 3.68. The van der Waals surface area contributed by atoms with E-state index in [0.29, 0.717) is 19.5 Å². The van der Waals surface area contributed by atoms with E-state index < -0.39 is 21.3 Å². The Bertz CT molecular complexity index is 769. The van der Waals surface area contributed by atoms with Gasteiger partial charge in [-0.15, -0.1) is 12.4 Å². The molecule has 132 valence electrons. The van der Waals surface area contributed by atoms with Crippen LogP contribution >= 0.6 is 12.4 Å². The Morgan fingerprint density at radius 2 is 1.91 bits per heavy atom. The quantitative estimate of drug-likeness (QED) is 0.765. The molecule has 0 spiro atoms. The minimum atomic E-state index is -3.94. The summed E-state index contributed by atoms with van der Waals surface area (Å²) >= 11 is 0. The van der Waals surface area contributed by atoms with Crippen LogP contribution in [0.4, 0.5) is 0 Å². The van der Waals surface area contributed by atoms with Crippen molar-refractivity contribution in [1.82, 2.24) is 13.4 Å². The van der Waals surface area contributed by atoms with E-state index in [1.807, 2.05) is 0 Å². The fourth-order valence-electron chi connectivity index (χ4n) is 2.85. The van der Waals surface area contributed by atoms with E-state index in [0.717, 1.165) is 34.6 Å². The van der Waals surface area contributed by atoms with Crippen LogP contribution in [0.3, 0.4) is 0 Å². The SMILES string of the molecule is Cl.Cn1cc(S(=O)(=O)N2CCCCC2CCN)c(=O)n(C)c1=O. The maximum Gasteiger partial charge on any atom is 0.330 e. The van der Waals surface area contributed by atoms with Gasteiger partial charge in [0.15, 0.2) is 4.90 Å². The van der Waals surface area contributed by atoms with Crippen LogP contribution in [0.25, 0.3) is 0 Å².